The first-order chi connectivity index (χ1) is 5.38. The van der Waals surface area contributed by atoms with E-state index < -0.39 is 0 Å². The molecule has 0 atom stereocenters. The van der Waals surface area contributed by atoms with Crippen molar-refractivity contribution in [3.63, 3.8) is 0 Å². The van der Waals surface area contributed by atoms with Crippen molar-refractivity contribution in [3.05, 3.63) is 34.8 Å². The lowest BCUT2D eigenvalue weighted by molar-refractivity contribution is 0.414. The Kier molecular flexibility index (Phi) is 3.17. The van der Waals surface area contributed by atoms with Crippen molar-refractivity contribution < 1.29 is 4.74 Å². The summed E-state index contributed by atoms with van der Waals surface area (Å²) >= 11 is 3.21. The summed E-state index contributed by atoms with van der Waals surface area (Å²) in [7, 11) is 1.67. The van der Waals surface area contributed by atoms with Gasteiger partial charge in [0.25, 0.3) is 0 Å². The molecule has 1 aromatic rings. The van der Waals surface area contributed by atoms with Gasteiger partial charge in [-0.2, -0.15) is 0 Å². The number of ether oxygens (including phenoxy) is 1. The van der Waals surface area contributed by atoms with Crippen molar-refractivity contribution in [2.45, 2.75) is 0 Å². The van der Waals surface area contributed by atoms with Crippen LogP contribution in [0.5, 0.6) is 5.75 Å². The van der Waals surface area contributed by atoms with Gasteiger partial charge in [-0.25, -0.2) is 0 Å². The summed E-state index contributed by atoms with van der Waals surface area (Å²) in [5.74, 6) is 0.892. The molecule has 0 spiro atoms. The third-order valence-electron chi connectivity index (χ3n) is 1.38. The fraction of sp³-hybridized carbons (Fsp3) is 0.111. The number of methoxy groups -OCH3 is 1. The van der Waals surface area contributed by atoms with Gasteiger partial charge in [-0.15, -0.1) is 0 Å². The number of hydrogen-bond donors (Lipinski definition) is 0. The summed E-state index contributed by atoms with van der Waals surface area (Å²) in [6, 6.07) is 7.86. The number of rotatable bonds is 2. The first kappa shape index (κ1) is 8.34. The van der Waals surface area contributed by atoms with Gasteiger partial charge >= 0.3 is 0 Å². The summed E-state index contributed by atoms with van der Waals surface area (Å²) in [6.07, 6.45) is 1.94. The van der Waals surface area contributed by atoms with E-state index in [1.807, 2.05) is 35.3 Å². The maximum Gasteiger partial charge on any atom is 0.126 e. The molecule has 0 heterocycles. The molecule has 1 aromatic carbocycles. The zero-order chi connectivity index (χ0) is 8.10. The van der Waals surface area contributed by atoms with Gasteiger partial charge in [0.2, 0.25) is 0 Å². The van der Waals surface area contributed by atoms with E-state index in [1.165, 1.54) is 0 Å². The first-order valence-electron chi connectivity index (χ1n) is 3.28. The molecule has 0 saturated heterocycles. The minimum absolute atomic E-state index is 0.892. The van der Waals surface area contributed by atoms with E-state index in [0.29, 0.717) is 0 Å². The summed E-state index contributed by atoms with van der Waals surface area (Å²) in [5, 5.41) is 0. The van der Waals surface area contributed by atoms with Crippen molar-refractivity contribution in [2.24, 2.45) is 0 Å². The van der Waals surface area contributed by atoms with Crippen molar-refractivity contribution in [3.8, 4) is 5.75 Å². The third-order valence-corrected chi connectivity index (χ3v) is 1.65. The van der Waals surface area contributed by atoms with Gasteiger partial charge < -0.3 is 4.74 Å². The highest BCUT2D eigenvalue weighted by atomic mass is 79.9. The maximum atomic E-state index is 5.13. The molecule has 0 aliphatic carbocycles. The number of para-hydroxylation sites is 1. The van der Waals surface area contributed by atoms with Crippen molar-refractivity contribution in [2.75, 3.05) is 7.11 Å². The Labute approximate surface area is 74.8 Å². The van der Waals surface area contributed by atoms with Gasteiger partial charge in [-0.05, 0) is 17.1 Å². The molecule has 0 radical (unpaired) electrons. The molecule has 0 amide bonds. The van der Waals surface area contributed by atoms with Crippen LogP contribution in [0.1, 0.15) is 5.56 Å². The quantitative estimate of drug-likeness (QED) is 0.733. The molecule has 0 aromatic heterocycles. The predicted molar refractivity (Wildman–Crippen MR) is 51.0 cm³/mol. The van der Waals surface area contributed by atoms with Crippen molar-refractivity contribution in [1.29, 1.82) is 0 Å². The number of halogens is 1. The first-order valence-corrected chi connectivity index (χ1v) is 4.20. The Bertz CT molecular complexity index is 255. The lowest BCUT2D eigenvalue weighted by Gasteiger charge is -2.01. The van der Waals surface area contributed by atoms with Crippen LogP contribution in [0, 0.1) is 0 Å². The highest BCUT2D eigenvalue weighted by molar-refractivity contribution is 9.11. The summed E-state index contributed by atoms with van der Waals surface area (Å²) in [4.78, 5) is 1.81. The molecule has 1 rings (SSSR count). The third kappa shape index (κ3) is 2.09. The van der Waals surface area contributed by atoms with Gasteiger partial charge in [-0.3, -0.25) is 0 Å². The highest BCUT2D eigenvalue weighted by Crippen LogP contribution is 2.18. The Balaban J connectivity index is 3.02. The second-order valence-corrected chi connectivity index (χ2v) is 2.56. The molecular formula is C9H9BrO. The Morgan fingerprint density at radius 2 is 2.09 bits per heavy atom. The second-order valence-electron chi connectivity index (χ2n) is 2.03. The minimum Gasteiger partial charge on any atom is -0.496 e. The van der Waals surface area contributed by atoms with E-state index in [2.05, 4.69) is 15.9 Å². The van der Waals surface area contributed by atoms with Crippen LogP contribution in [0.4, 0.5) is 0 Å². The summed E-state index contributed by atoms with van der Waals surface area (Å²) in [6.45, 7) is 0. The zero-order valence-corrected chi connectivity index (χ0v) is 7.84. The molecule has 0 aliphatic rings. The van der Waals surface area contributed by atoms with E-state index in [9.17, 15) is 0 Å². The Hall–Kier alpha value is -0.760. The SMILES string of the molecule is COc1ccccc1/C=C\Br. The van der Waals surface area contributed by atoms with Gasteiger partial charge in [0.15, 0.2) is 0 Å². The average molecular weight is 213 g/mol. The fourth-order valence-corrected chi connectivity index (χ4v) is 1.16. The molecule has 2 heteroatoms. The summed E-state index contributed by atoms with van der Waals surface area (Å²) < 4.78 is 5.13. The lowest BCUT2D eigenvalue weighted by Crippen LogP contribution is -1.84. The van der Waals surface area contributed by atoms with Crippen LogP contribution in [-0.4, -0.2) is 7.11 Å². The monoisotopic (exact) mass is 212 g/mol. The molecule has 0 saturated carbocycles. The topological polar surface area (TPSA) is 9.23 Å². The van der Waals surface area contributed by atoms with Crippen molar-refractivity contribution >= 4 is 22.0 Å². The van der Waals surface area contributed by atoms with E-state index in [1.54, 1.807) is 7.11 Å². The molecule has 0 fully saturated rings. The Morgan fingerprint density at radius 3 is 2.73 bits per heavy atom. The molecule has 0 aliphatic heterocycles. The van der Waals surface area contributed by atoms with E-state index in [4.69, 9.17) is 4.74 Å². The average Bonchev–Trinajstić information content (AvgIpc) is 2.06. The van der Waals surface area contributed by atoms with Gasteiger partial charge in [0.05, 0.1) is 7.11 Å². The standard InChI is InChI=1S/C9H9BrO/c1-11-9-5-3-2-4-8(9)6-7-10/h2-7H,1H3/b7-6-. The van der Waals surface area contributed by atoms with E-state index in [-0.39, 0.29) is 0 Å². The lowest BCUT2D eigenvalue weighted by atomic mass is 10.2. The van der Waals surface area contributed by atoms with Crippen LogP contribution >= 0.6 is 15.9 Å². The van der Waals surface area contributed by atoms with Crippen LogP contribution in [0.3, 0.4) is 0 Å². The normalized spacial score (nSPS) is 10.4. The molecular weight excluding hydrogens is 204 g/mol. The zero-order valence-electron chi connectivity index (χ0n) is 6.25. The largest absolute Gasteiger partial charge is 0.496 e. The molecule has 0 bridgehead atoms. The van der Waals surface area contributed by atoms with Crippen LogP contribution in [0.25, 0.3) is 6.08 Å². The number of hydrogen-bond acceptors (Lipinski definition) is 1. The highest BCUT2D eigenvalue weighted by Gasteiger charge is 1.94. The van der Waals surface area contributed by atoms with E-state index in [0.717, 1.165) is 11.3 Å². The van der Waals surface area contributed by atoms with Crippen LogP contribution in [-0.2, 0) is 0 Å². The molecule has 1 nitrogen and oxygen atoms in total. The van der Waals surface area contributed by atoms with Crippen LogP contribution < -0.4 is 4.74 Å². The van der Waals surface area contributed by atoms with Gasteiger partial charge in [0.1, 0.15) is 5.75 Å². The number of benzene rings is 1. The molecule has 0 N–H and O–H groups in total. The maximum absolute atomic E-state index is 5.13. The van der Waals surface area contributed by atoms with Crippen LogP contribution in [0.15, 0.2) is 29.3 Å². The second kappa shape index (κ2) is 4.19. The molecule has 0 unspecified atom stereocenters. The van der Waals surface area contributed by atoms with Crippen molar-refractivity contribution in [1.82, 2.24) is 0 Å². The predicted octanol–water partition coefficient (Wildman–Crippen LogP) is 3.06. The molecule has 58 valence electrons. The molecule has 11 heavy (non-hydrogen) atoms. The van der Waals surface area contributed by atoms with Crippen LogP contribution in [0.2, 0.25) is 0 Å². The van der Waals surface area contributed by atoms with Gasteiger partial charge in [-0.1, -0.05) is 34.1 Å². The minimum atomic E-state index is 0.892. The van der Waals surface area contributed by atoms with Gasteiger partial charge in [0, 0.05) is 5.56 Å². The summed E-state index contributed by atoms with van der Waals surface area (Å²) in [5.41, 5.74) is 1.08. The van der Waals surface area contributed by atoms with E-state index >= 15 is 0 Å². The Morgan fingerprint density at radius 1 is 1.36 bits per heavy atom. The fourth-order valence-electron chi connectivity index (χ4n) is 0.872. The smallest absolute Gasteiger partial charge is 0.126 e.